The number of halogens is 2. The molecule has 0 aliphatic carbocycles. The van der Waals surface area contributed by atoms with Crippen molar-refractivity contribution >= 4 is 41.6 Å². The standard InChI is InChI=1S/C19H25N3O.2ClH/c1-3-12-22(15-8-10-20-11-9-15)19(23)17-13-14(2)21-18-7-5-4-6-16(17)18;;/h4-7,13,15,20H,3,8-12H2,1-2H3;2*1H. The molecule has 1 fully saturated rings. The topological polar surface area (TPSA) is 45.2 Å². The molecule has 0 atom stereocenters. The number of hydrogen-bond donors (Lipinski definition) is 1. The van der Waals surface area contributed by atoms with E-state index in [1.807, 2.05) is 37.3 Å². The minimum absolute atomic E-state index is 0. The molecule has 1 saturated heterocycles. The first-order valence-corrected chi connectivity index (χ1v) is 8.58. The Morgan fingerprint density at radius 3 is 2.60 bits per heavy atom. The number of nitrogens with zero attached hydrogens (tertiary/aromatic N) is 2. The Morgan fingerprint density at radius 1 is 1.24 bits per heavy atom. The zero-order chi connectivity index (χ0) is 16.2. The van der Waals surface area contributed by atoms with Crippen molar-refractivity contribution in [2.75, 3.05) is 19.6 Å². The van der Waals surface area contributed by atoms with Gasteiger partial charge in [0.1, 0.15) is 0 Å². The normalized spacial score (nSPS) is 14.5. The van der Waals surface area contributed by atoms with Crippen LogP contribution in [0.3, 0.4) is 0 Å². The molecule has 0 unspecified atom stereocenters. The Hall–Kier alpha value is -1.36. The van der Waals surface area contributed by atoms with Crippen LogP contribution in [0.5, 0.6) is 0 Å². The monoisotopic (exact) mass is 383 g/mol. The Kier molecular flexibility index (Phi) is 8.63. The van der Waals surface area contributed by atoms with E-state index in [4.69, 9.17) is 0 Å². The Morgan fingerprint density at radius 2 is 1.92 bits per heavy atom. The average molecular weight is 384 g/mol. The number of carbonyl (C=O) groups excluding carboxylic acids is 1. The number of benzene rings is 1. The predicted molar refractivity (Wildman–Crippen MR) is 108 cm³/mol. The predicted octanol–water partition coefficient (Wildman–Crippen LogP) is 3.99. The number of carbonyl (C=O) groups is 1. The maximum absolute atomic E-state index is 13.3. The third-order valence-electron chi connectivity index (χ3n) is 4.55. The van der Waals surface area contributed by atoms with Crippen LogP contribution in [0.2, 0.25) is 0 Å². The molecule has 138 valence electrons. The number of pyridine rings is 1. The molecule has 6 heteroatoms. The molecule has 2 aromatic rings. The molecular weight excluding hydrogens is 357 g/mol. The summed E-state index contributed by atoms with van der Waals surface area (Å²) in [5.74, 6) is 0.153. The van der Waals surface area contributed by atoms with Gasteiger partial charge in [-0.05, 0) is 51.4 Å². The van der Waals surface area contributed by atoms with E-state index in [0.29, 0.717) is 6.04 Å². The highest BCUT2D eigenvalue weighted by Gasteiger charge is 2.26. The molecule has 0 saturated carbocycles. The van der Waals surface area contributed by atoms with E-state index < -0.39 is 0 Å². The molecule has 1 aliphatic rings. The van der Waals surface area contributed by atoms with E-state index in [-0.39, 0.29) is 30.7 Å². The molecule has 0 spiro atoms. The first-order valence-electron chi connectivity index (χ1n) is 8.58. The third kappa shape index (κ3) is 4.84. The van der Waals surface area contributed by atoms with Crippen molar-refractivity contribution in [1.82, 2.24) is 15.2 Å². The van der Waals surface area contributed by atoms with Gasteiger partial charge in [-0.3, -0.25) is 9.78 Å². The lowest BCUT2D eigenvalue weighted by Gasteiger charge is -2.35. The SMILES string of the molecule is CCCN(C(=O)c1cc(C)nc2ccccc12)C1CCNCC1.Cl.Cl. The first kappa shape index (κ1) is 21.7. The fraction of sp³-hybridized carbons (Fsp3) is 0.474. The van der Waals surface area contributed by atoms with Crippen LogP contribution in [0.1, 0.15) is 42.2 Å². The molecule has 25 heavy (non-hydrogen) atoms. The van der Waals surface area contributed by atoms with Gasteiger partial charge >= 0.3 is 0 Å². The average Bonchev–Trinajstić information content (AvgIpc) is 2.59. The second-order valence-electron chi connectivity index (χ2n) is 6.31. The number of hydrogen-bond acceptors (Lipinski definition) is 3. The van der Waals surface area contributed by atoms with Gasteiger partial charge in [0.2, 0.25) is 0 Å². The number of amides is 1. The zero-order valence-electron chi connectivity index (χ0n) is 14.8. The summed E-state index contributed by atoms with van der Waals surface area (Å²) in [6.07, 6.45) is 3.05. The summed E-state index contributed by atoms with van der Waals surface area (Å²) >= 11 is 0. The van der Waals surface area contributed by atoms with E-state index in [1.165, 1.54) is 0 Å². The number of aryl methyl sites for hydroxylation is 1. The van der Waals surface area contributed by atoms with Crippen LogP contribution in [0.25, 0.3) is 10.9 Å². The summed E-state index contributed by atoms with van der Waals surface area (Å²) in [6, 6.07) is 10.2. The fourth-order valence-corrected chi connectivity index (χ4v) is 3.45. The van der Waals surface area contributed by atoms with Crippen LogP contribution in [-0.4, -0.2) is 41.5 Å². The van der Waals surface area contributed by atoms with Gasteiger partial charge in [-0.25, -0.2) is 0 Å². The van der Waals surface area contributed by atoms with Crippen molar-refractivity contribution < 1.29 is 4.79 Å². The first-order chi connectivity index (χ1) is 11.2. The fourth-order valence-electron chi connectivity index (χ4n) is 3.45. The van der Waals surface area contributed by atoms with Crippen molar-refractivity contribution in [3.05, 3.63) is 41.6 Å². The number of aromatic nitrogens is 1. The number of rotatable bonds is 4. The number of nitrogens with one attached hydrogen (secondary N) is 1. The summed E-state index contributed by atoms with van der Waals surface area (Å²) in [5, 5.41) is 4.34. The maximum atomic E-state index is 13.3. The minimum Gasteiger partial charge on any atom is -0.336 e. The molecule has 1 aromatic carbocycles. The summed E-state index contributed by atoms with van der Waals surface area (Å²) in [6.45, 7) is 6.90. The highest BCUT2D eigenvalue weighted by atomic mass is 35.5. The van der Waals surface area contributed by atoms with Crippen LogP contribution < -0.4 is 5.32 Å². The second-order valence-corrected chi connectivity index (χ2v) is 6.31. The lowest BCUT2D eigenvalue weighted by molar-refractivity contribution is 0.0644. The maximum Gasteiger partial charge on any atom is 0.254 e. The van der Waals surface area contributed by atoms with Gasteiger partial charge in [0.25, 0.3) is 5.91 Å². The van der Waals surface area contributed by atoms with E-state index >= 15 is 0 Å². The molecule has 1 N–H and O–H groups in total. The van der Waals surface area contributed by atoms with Crippen LogP contribution in [0.4, 0.5) is 0 Å². The largest absolute Gasteiger partial charge is 0.336 e. The Labute approximate surface area is 162 Å². The number of piperidine rings is 1. The Bertz CT molecular complexity index is 702. The summed E-state index contributed by atoms with van der Waals surface area (Å²) < 4.78 is 0. The van der Waals surface area contributed by atoms with Crippen LogP contribution >= 0.6 is 24.8 Å². The quantitative estimate of drug-likeness (QED) is 0.867. The number of fused-ring (bicyclic) bond motifs is 1. The molecular formula is C19H27Cl2N3O. The Balaban J connectivity index is 0.00000156. The lowest BCUT2D eigenvalue weighted by atomic mass is 10.0. The number of para-hydroxylation sites is 1. The van der Waals surface area contributed by atoms with Crippen LogP contribution in [0, 0.1) is 6.92 Å². The van der Waals surface area contributed by atoms with Crippen LogP contribution in [0.15, 0.2) is 30.3 Å². The van der Waals surface area contributed by atoms with Gasteiger partial charge in [0, 0.05) is 23.7 Å². The molecule has 1 amide bonds. The summed E-state index contributed by atoms with van der Waals surface area (Å²) in [5.41, 5.74) is 2.59. The highest BCUT2D eigenvalue weighted by molar-refractivity contribution is 6.06. The van der Waals surface area contributed by atoms with E-state index in [1.54, 1.807) is 0 Å². The lowest BCUT2D eigenvalue weighted by Crippen LogP contribution is -2.46. The van der Waals surface area contributed by atoms with Crippen molar-refractivity contribution in [3.63, 3.8) is 0 Å². The molecule has 1 aromatic heterocycles. The van der Waals surface area contributed by atoms with Gasteiger partial charge in [-0.15, -0.1) is 24.8 Å². The molecule has 2 heterocycles. The highest BCUT2D eigenvalue weighted by Crippen LogP contribution is 2.23. The van der Waals surface area contributed by atoms with Crippen molar-refractivity contribution in [2.45, 2.75) is 39.2 Å². The van der Waals surface area contributed by atoms with Gasteiger partial charge in [0.05, 0.1) is 11.1 Å². The van der Waals surface area contributed by atoms with Gasteiger partial charge < -0.3 is 10.2 Å². The van der Waals surface area contributed by atoms with Gasteiger partial charge in [-0.1, -0.05) is 25.1 Å². The van der Waals surface area contributed by atoms with Crippen molar-refractivity contribution in [1.29, 1.82) is 0 Å². The van der Waals surface area contributed by atoms with Crippen molar-refractivity contribution in [2.24, 2.45) is 0 Å². The second kappa shape index (κ2) is 9.95. The van der Waals surface area contributed by atoms with Crippen LogP contribution in [-0.2, 0) is 0 Å². The molecule has 0 radical (unpaired) electrons. The molecule has 3 rings (SSSR count). The zero-order valence-corrected chi connectivity index (χ0v) is 16.5. The molecule has 0 bridgehead atoms. The summed E-state index contributed by atoms with van der Waals surface area (Å²) in [7, 11) is 0. The molecule has 1 aliphatic heterocycles. The van der Waals surface area contributed by atoms with Gasteiger partial charge in [0.15, 0.2) is 0 Å². The van der Waals surface area contributed by atoms with Gasteiger partial charge in [-0.2, -0.15) is 0 Å². The van der Waals surface area contributed by atoms with E-state index in [9.17, 15) is 4.79 Å². The minimum atomic E-state index is 0. The molecule has 4 nitrogen and oxygen atoms in total. The third-order valence-corrected chi connectivity index (χ3v) is 4.55. The summed E-state index contributed by atoms with van der Waals surface area (Å²) in [4.78, 5) is 19.9. The van der Waals surface area contributed by atoms with E-state index in [0.717, 1.165) is 61.1 Å². The van der Waals surface area contributed by atoms with Crippen molar-refractivity contribution in [3.8, 4) is 0 Å². The smallest absolute Gasteiger partial charge is 0.254 e. The van der Waals surface area contributed by atoms with E-state index in [2.05, 4.69) is 22.1 Å².